The number of aromatic nitrogens is 2. The highest BCUT2D eigenvalue weighted by Gasteiger charge is 2.12. The van der Waals surface area contributed by atoms with Gasteiger partial charge in [0, 0.05) is 8.04 Å². The fourth-order valence-electron chi connectivity index (χ4n) is 1.99. The second-order valence-electron chi connectivity index (χ2n) is 4.39. The zero-order valence-corrected chi connectivity index (χ0v) is 14.3. The van der Waals surface area contributed by atoms with Gasteiger partial charge in [0.05, 0.1) is 22.3 Å². The summed E-state index contributed by atoms with van der Waals surface area (Å²) in [4.78, 5) is 28.9. The Morgan fingerprint density at radius 1 is 1.14 bits per heavy atom. The number of benzene rings is 2. The molecule has 106 valence electrons. The molecule has 0 spiro atoms. The molecule has 5 nitrogen and oxygen atoms in total. The number of H-pyrrole nitrogens is 2. The first-order chi connectivity index (χ1) is 10.0. The third-order valence-corrected chi connectivity index (χ3v) is 4.57. The van der Waals surface area contributed by atoms with Gasteiger partial charge < -0.3 is 15.3 Å². The minimum Gasteiger partial charge on any atom is -0.321 e. The predicted molar refractivity (Wildman–Crippen MR) is 93.7 cm³/mol. The van der Waals surface area contributed by atoms with Gasteiger partial charge in [0.15, 0.2) is 0 Å². The molecule has 0 bridgehead atoms. The van der Waals surface area contributed by atoms with Gasteiger partial charge in [-0.2, -0.15) is 0 Å². The molecule has 21 heavy (non-hydrogen) atoms. The van der Waals surface area contributed by atoms with Gasteiger partial charge in [-0.15, -0.1) is 0 Å². The number of anilines is 1. The topological polar surface area (TPSA) is 77.8 Å². The van der Waals surface area contributed by atoms with Crippen LogP contribution >= 0.6 is 38.5 Å². The number of carbonyl (C=O) groups is 1. The van der Waals surface area contributed by atoms with E-state index in [1.54, 1.807) is 18.2 Å². The van der Waals surface area contributed by atoms with Crippen LogP contribution in [0.3, 0.4) is 0 Å². The number of amides is 1. The van der Waals surface area contributed by atoms with Gasteiger partial charge in [-0.3, -0.25) is 4.79 Å². The number of hydrogen-bond donors (Lipinski definition) is 3. The molecular weight excluding hydrogens is 449 g/mol. The number of imidazole rings is 1. The highest BCUT2D eigenvalue weighted by atomic mass is 127. The summed E-state index contributed by atoms with van der Waals surface area (Å²) in [6, 6.07) is 10.8. The van der Waals surface area contributed by atoms with Gasteiger partial charge in [0.1, 0.15) is 0 Å². The van der Waals surface area contributed by atoms with Crippen LogP contribution in [-0.4, -0.2) is 15.9 Å². The monoisotopic (exact) mass is 457 g/mol. The van der Waals surface area contributed by atoms with E-state index in [2.05, 4.69) is 53.8 Å². The largest absolute Gasteiger partial charge is 0.323 e. The fourth-order valence-corrected chi connectivity index (χ4v) is 3.06. The third kappa shape index (κ3) is 2.88. The molecule has 3 N–H and O–H groups in total. The lowest BCUT2D eigenvalue weighted by Crippen LogP contribution is -2.13. The average molecular weight is 458 g/mol. The van der Waals surface area contributed by atoms with Crippen molar-refractivity contribution in [3.05, 3.63) is 60.5 Å². The molecule has 3 aromatic rings. The van der Waals surface area contributed by atoms with Crippen LogP contribution in [0.25, 0.3) is 11.0 Å². The molecule has 0 aliphatic carbocycles. The number of aromatic amines is 2. The van der Waals surface area contributed by atoms with Gasteiger partial charge in [-0.1, -0.05) is 12.1 Å². The minimum atomic E-state index is -0.280. The molecule has 7 heteroatoms. The van der Waals surface area contributed by atoms with Crippen molar-refractivity contribution in [3.63, 3.8) is 0 Å². The summed E-state index contributed by atoms with van der Waals surface area (Å²) < 4.78 is 1.57. The molecule has 3 rings (SSSR count). The maximum atomic E-state index is 12.3. The van der Waals surface area contributed by atoms with E-state index in [0.29, 0.717) is 26.8 Å². The van der Waals surface area contributed by atoms with Crippen LogP contribution in [0.15, 0.2) is 45.7 Å². The first-order valence-corrected chi connectivity index (χ1v) is 7.89. The maximum Gasteiger partial charge on any atom is 0.323 e. The molecule has 1 amide bonds. The lowest BCUT2D eigenvalue weighted by Gasteiger charge is -2.09. The van der Waals surface area contributed by atoms with E-state index < -0.39 is 0 Å². The van der Waals surface area contributed by atoms with Crippen LogP contribution < -0.4 is 11.0 Å². The van der Waals surface area contributed by atoms with Crippen molar-refractivity contribution in [1.29, 1.82) is 0 Å². The molecule has 0 fully saturated rings. The molecule has 1 aromatic heterocycles. The molecule has 0 atom stereocenters. The number of hydrogen-bond acceptors (Lipinski definition) is 2. The summed E-state index contributed by atoms with van der Waals surface area (Å²) in [6.07, 6.45) is 0. The molecule has 0 aliphatic heterocycles. The molecule has 0 saturated heterocycles. The SMILES string of the molecule is O=C(Nc1cc2[nH]c(=O)[nH]c2cc1Br)c1ccccc1I. The lowest BCUT2D eigenvalue weighted by molar-refractivity contribution is 0.102. The Hall–Kier alpha value is -1.61. The second-order valence-corrected chi connectivity index (χ2v) is 6.41. The van der Waals surface area contributed by atoms with Gasteiger partial charge in [0.2, 0.25) is 0 Å². The minimum absolute atomic E-state index is 0.196. The van der Waals surface area contributed by atoms with E-state index in [9.17, 15) is 9.59 Å². The smallest absolute Gasteiger partial charge is 0.321 e. The summed E-state index contributed by atoms with van der Waals surface area (Å²) in [5, 5.41) is 2.84. The summed E-state index contributed by atoms with van der Waals surface area (Å²) in [6.45, 7) is 0. The van der Waals surface area contributed by atoms with Crippen molar-refractivity contribution in [1.82, 2.24) is 9.97 Å². The van der Waals surface area contributed by atoms with E-state index in [1.165, 1.54) is 0 Å². The molecule has 0 aliphatic rings. The van der Waals surface area contributed by atoms with Crippen LogP contribution in [0.5, 0.6) is 0 Å². The number of carbonyl (C=O) groups excluding carboxylic acids is 1. The van der Waals surface area contributed by atoms with Crippen molar-refractivity contribution >= 4 is 61.1 Å². The second kappa shape index (κ2) is 5.64. The Morgan fingerprint density at radius 2 is 1.81 bits per heavy atom. The number of fused-ring (bicyclic) bond motifs is 1. The van der Waals surface area contributed by atoms with Crippen LogP contribution in [0.1, 0.15) is 10.4 Å². The molecule has 2 aromatic carbocycles. The van der Waals surface area contributed by atoms with Gasteiger partial charge >= 0.3 is 5.69 Å². The van der Waals surface area contributed by atoms with Crippen LogP contribution in [0.4, 0.5) is 5.69 Å². The highest BCUT2D eigenvalue weighted by Crippen LogP contribution is 2.27. The Morgan fingerprint density at radius 3 is 2.52 bits per heavy atom. The standard InChI is InChI=1S/C14H9BrIN3O2/c15-8-5-11-12(19-14(21)18-11)6-10(8)17-13(20)7-3-1-2-4-9(7)16/h1-6H,(H,17,20)(H2,18,19,21). The fraction of sp³-hybridized carbons (Fsp3) is 0. The van der Waals surface area contributed by atoms with E-state index in [1.807, 2.05) is 18.2 Å². The Balaban J connectivity index is 1.98. The number of halogens is 2. The third-order valence-electron chi connectivity index (χ3n) is 2.97. The number of nitrogens with one attached hydrogen (secondary N) is 3. The van der Waals surface area contributed by atoms with Gasteiger partial charge in [0.25, 0.3) is 5.91 Å². The van der Waals surface area contributed by atoms with Crippen LogP contribution in [0, 0.1) is 3.57 Å². The molecular formula is C14H9BrIN3O2. The van der Waals surface area contributed by atoms with Crippen molar-refractivity contribution in [2.75, 3.05) is 5.32 Å². The molecule has 0 saturated carbocycles. The quantitative estimate of drug-likeness (QED) is 0.515. The zero-order valence-electron chi connectivity index (χ0n) is 10.5. The van der Waals surface area contributed by atoms with E-state index in [-0.39, 0.29) is 11.6 Å². The van der Waals surface area contributed by atoms with Crippen molar-refractivity contribution in [2.45, 2.75) is 0 Å². The summed E-state index contributed by atoms with van der Waals surface area (Å²) in [5.74, 6) is -0.196. The predicted octanol–water partition coefficient (Wildman–Crippen LogP) is 3.48. The van der Waals surface area contributed by atoms with Crippen LogP contribution in [-0.2, 0) is 0 Å². The summed E-state index contributed by atoms with van der Waals surface area (Å²) in [5.41, 5.74) is 2.24. The van der Waals surface area contributed by atoms with Crippen molar-refractivity contribution in [2.24, 2.45) is 0 Å². The van der Waals surface area contributed by atoms with E-state index in [4.69, 9.17) is 0 Å². The Bertz CT molecular complexity index is 901. The first-order valence-electron chi connectivity index (χ1n) is 6.02. The maximum absolute atomic E-state index is 12.3. The van der Waals surface area contributed by atoms with Crippen molar-refractivity contribution in [3.8, 4) is 0 Å². The molecule has 0 radical (unpaired) electrons. The van der Waals surface area contributed by atoms with Gasteiger partial charge in [-0.25, -0.2) is 4.79 Å². The van der Waals surface area contributed by atoms with E-state index in [0.717, 1.165) is 3.57 Å². The summed E-state index contributed by atoms with van der Waals surface area (Å²) in [7, 11) is 0. The van der Waals surface area contributed by atoms with Crippen LogP contribution in [0.2, 0.25) is 0 Å². The Kier molecular flexibility index (Phi) is 3.85. The lowest BCUT2D eigenvalue weighted by atomic mass is 10.2. The highest BCUT2D eigenvalue weighted by molar-refractivity contribution is 14.1. The first kappa shape index (κ1) is 14.3. The average Bonchev–Trinajstić information content (AvgIpc) is 2.78. The Labute approximate surface area is 141 Å². The zero-order chi connectivity index (χ0) is 15.0. The normalized spacial score (nSPS) is 10.8. The molecule has 1 heterocycles. The summed E-state index contributed by atoms with van der Waals surface area (Å²) >= 11 is 5.51. The number of rotatable bonds is 2. The molecule has 0 unspecified atom stereocenters. The van der Waals surface area contributed by atoms with Gasteiger partial charge in [-0.05, 0) is 62.8 Å². The van der Waals surface area contributed by atoms with Crippen molar-refractivity contribution < 1.29 is 4.79 Å². The van der Waals surface area contributed by atoms with E-state index >= 15 is 0 Å².